The Labute approximate surface area is 125 Å². The minimum absolute atomic E-state index is 0.256. The molecule has 0 saturated heterocycles. The third-order valence-corrected chi connectivity index (χ3v) is 4.58. The number of benzene rings is 1. The van der Waals surface area contributed by atoms with Crippen molar-refractivity contribution < 1.29 is 0 Å². The summed E-state index contributed by atoms with van der Waals surface area (Å²) in [5.74, 6) is 0. The van der Waals surface area contributed by atoms with Gasteiger partial charge < -0.3 is 5.73 Å². The van der Waals surface area contributed by atoms with E-state index >= 15 is 0 Å². The van der Waals surface area contributed by atoms with Crippen LogP contribution in [0.2, 0.25) is 0 Å². The molecule has 1 unspecified atom stereocenters. The Kier molecular flexibility index (Phi) is 4.89. The van der Waals surface area contributed by atoms with Crippen molar-refractivity contribution in [3.63, 3.8) is 0 Å². The molecule has 4 heteroatoms. The zero-order valence-corrected chi connectivity index (χ0v) is 13.5. The molecule has 0 aliphatic rings. The highest BCUT2D eigenvalue weighted by Gasteiger charge is 2.08. The molecule has 0 radical (unpaired) electrons. The lowest BCUT2D eigenvalue weighted by Gasteiger charge is -2.12. The number of aryl methyl sites for hydroxylation is 3. The molecule has 2 rings (SSSR count). The average molecular weight is 289 g/mol. The fraction of sp³-hybridized carbons (Fsp3) is 0.438. The van der Waals surface area contributed by atoms with Gasteiger partial charge in [-0.25, -0.2) is 0 Å². The third kappa shape index (κ3) is 3.64. The zero-order chi connectivity index (χ0) is 14.7. The largest absolute Gasteiger partial charge is 0.327 e. The smallest absolute Gasteiger partial charge is 0.0986 e. The monoisotopic (exact) mass is 289 g/mol. The normalized spacial score (nSPS) is 12.7. The second-order valence-electron chi connectivity index (χ2n) is 5.31. The average Bonchev–Trinajstić information content (AvgIpc) is 2.71. The van der Waals surface area contributed by atoms with Gasteiger partial charge in [0.2, 0.25) is 0 Å². The van der Waals surface area contributed by atoms with Gasteiger partial charge in [0.05, 0.1) is 10.7 Å². The number of aromatic nitrogens is 2. The number of rotatable bonds is 5. The summed E-state index contributed by atoms with van der Waals surface area (Å²) in [7, 11) is 1.98. The van der Waals surface area contributed by atoms with E-state index in [1.165, 1.54) is 21.0 Å². The molecule has 0 amide bonds. The van der Waals surface area contributed by atoms with Crippen molar-refractivity contribution in [3.8, 4) is 0 Å². The van der Waals surface area contributed by atoms with Crippen LogP contribution in [0.15, 0.2) is 34.2 Å². The maximum absolute atomic E-state index is 6.04. The molecule has 1 heterocycles. The van der Waals surface area contributed by atoms with Crippen LogP contribution in [0.1, 0.15) is 30.2 Å². The van der Waals surface area contributed by atoms with Gasteiger partial charge in [0.25, 0.3) is 0 Å². The Bertz CT molecular complexity index is 589. The van der Waals surface area contributed by atoms with Crippen LogP contribution in [0, 0.1) is 13.8 Å². The van der Waals surface area contributed by atoms with E-state index in [4.69, 9.17) is 5.73 Å². The lowest BCUT2D eigenvalue weighted by atomic mass is 10.0. The molecule has 2 aromatic rings. The minimum atomic E-state index is 0.256. The Balaban J connectivity index is 2.14. The number of nitrogens with zero attached hydrogens (tertiary/aromatic N) is 2. The fourth-order valence-corrected chi connectivity index (χ4v) is 3.21. The SMILES string of the molecule is CCC(N)Cc1ccc(Sc2cc(C)nn2C)cc1C. The number of hydrogen-bond donors (Lipinski definition) is 1. The van der Waals surface area contributed by atoms with Crippen molar-refractivity contribution in [2.45, 2.75) is 49.6 Å². The van der Waals surface area contributed by atoms with Gasteiger partial charge in [0.1, 0.15) is 0 Å². The van der Waals surface area contributed by atoms with Gasteiger partial charge >= 0.3 is 0 Å². The third-order valence-electron chi connectivity index (χ3n) is 3.50. The first-order chi connectivity index (χ1) is 9.49. The van der Waals surface area contributed by atoms with Crippen LogP contribution in [0.25, 0.3) is 0 Å². The van der Waals surface area contributed by atoms with E-state index in [0.717, 1.165) is 18.5 Å². The summed E-state index contributed by atoms with van der Waals surface area (Å²) in [5.41, 5.74) is 9.76. The van der Waals surface area contributed by atoms with Crippen LogP contribution < -0.4 is 5.73 Å². The van der Waals surface area contributed by atoms with Gasteiger partial charge in [-0.05, 0) is 56.0 Å². The van der Waals surface area contributed by atoms with Crippen molar-refractivity contribution in [1.82, 2.24) is 9.78 Å². The molecule has 1 aromatic carbocycles. The molecular weight excluding hydrogens is 266 g/mol. The molecule has 0 fully saturated rings. The predicted octanol–water partition coefficient (Wildman–Crippen LogP) is 3.47. The van der Waals surface area contributed by atoms with Crippen LogP contribution in [0.5, 0.6) is 0 Å². The summed E-state index contributed by atoms with van der Waals surface area (Å²) in [6.07, 6.45) is 1.97. The summed E-state index contributed by atoms with van der Waals surface area (Å²) in [5, 5.41) is 5.54. The molecule has 1 aromatic heterocycles. The van der Waals surface area contributed by atoms with E-state index in [0.29, 0.717) is 0 Å². The van der Waals surface area contributed by atoms with Gasteiger partial charge in [-0.2, -0.15) is 5.10 Å². The van der Waals surface area contributed by atoms with Gasteiger partial charge in [-0.1, -0.05) is 24.8 Å². The van der Waals surface area contributed by atoms with Gasteiger partial charge in [0, 0.05) is 18.0 Å². The van der Waals surface area contributed by atoms with E-state index in [-0.39, 0.29) is 6.04 Å². The highest BCUT2D eigenvalue weighted by molar-refractivity contribution is 7.99. The van der Waals surface area contributed by atoms with E-state index in [2.05, 4.69) is 43.2 Å². The minimum Gasteiger partial charge on any atom is -0.327 e. The van der Waals surface area contributed by atoms with Crippen molar-refractivity contribution in [2.24, 2.45) is 12.8 Å². The molecule has 3 nitrogen and oxygen atoms in total. The van der Waals surface area contributed by atoms with E-state index < -0.39 is 0 Å². The molecule has 0 bridgehead atoms. The molecule has 1 atom stereocenters. The first-order valence-corrected chi connectivity index (χ1v) is 7.85. The van der Waals surface area contributed by atoms with Crippen LogP contribution in [0.4, 0.5) is 0 Å². The molecular formula is C16H23N3S. The summed E-state index contributed by atoms with van der Waals surface area (Å²) in [4.78, 5) is 1.25. The van der Waals surface area contributed by atoms with Crippen molar-refractivity contribution >= 4 is 11.8 Å². The first-order valence-electron chi connectivity index (χ1n) is 7.03. The first kappa shape index (κ1) is 15.1. The highest BCUT2D eigenvalue weighted by atomic mass is 32.2. The summed E-state index contributed by atoms with van der Waals surface area (Å²) in [6.45, 7) is 6.32. The maximum Gasteiger partial charge on any atom is 0.0986 e. The molecule has 0 spiro atoms. The standard InChI is InChI=1S/C16H23N3S/c1-5-14(17)10-13-6-7-15(8-11(13)2)20-16-9-12(3)18-19(16)4/h6-9,14H,5,10,17H2,1-4H3. The van der Waals surface area contributed by atoms with Crippen LogP contribution in [-0.4, -0.2) is 15.8 Å². The second-order valence-corrected chi connectivity index (χ2v) is 6.40. The predicted molar refractivity (Wildman–Crippen MR) is 85.2 cm³/mol. The summed E-state index contributed by atoms with van der Waals surface area (Å²) < 4.78 is 1.93. The Hall–Kier alpha value is -1.26. The van der Waals surface area contributed by atoms with Crippen molar-refractivity contribution in [1.29, 1.82) is 0 Å². The van der Waals surface area contributed by atoms with E-state index in [1.54, 1.807) is 11.8 Å². The summed E-state index contributed by atoms with van der Waals surface area (Å²) in [6, 6.07) is 8.99. The molecule has 0 aliphatic heterocycles. The van der Waals surface area contributed by atoms with E-state index in [9.17, 15) is 0 Å². The van der Waals surface area contributed by atoms with Gasteiger partial charge in [-0.3, -0.25) is 4.68 Å². The van der Waals surface area contributed by atoms with Crippen molar-refractivity contribution in [2.75, 3.05) is 0 Å². The van der Waals surface area contributed by atoms with E-state index in [1.807, 2.05) is 18.7 Å². The summed E-state index contributed by atoms with van der Waals surface area (Å²) >= 11 is 1.75. The quantitative estimate of drug-likeness (QED) is 0.916. The molecule has 0 aliphatic carbocycles. The van der Waals surface area contributed by atoms with Crippen LogP contribution in [-0.2, 0) is 13.5 Å². The molecule has 20 heavy (non-hydrogen) atoms. The second kappa shape index (κ2) is 6.46. The molecule has 2 N–H and O–H groups in total. The maximum atomic E-state index is 6.04. The van der Waals surface area contributed by atoms with Gasteiger partial charge in [0.15, 0.2) is 0 Å². The topological polar surface area (TPSA) is 43.8 Å². The van der Waals surface area contributed by atoms with Crippen LogP contribution >= 0.6 is 11.8 Å². The van der Waals surface area contributed by atoms with Crippen molar-refractivity contribution in [3.05, 3.63) is 41.1 Å². The lowest BCUT2D eigenvalue weighted by Crippen LogP contribution is -2.21. The molecule has 108 valence electrons. The Morgan fingerprint density at radius 3 is 2.60 bits per heavy atom. The number of hydrogen-bond acceptors (Lipinski definition) is 3. The zero-order valence-electron chi connectivity index (χ0n) is 12.7. The molecule has 0 saturated carbocycles. The van der Waals surface area contributed by atoms with Gasteiger partial charge in [-0.15, -0.1) is 0 Å². The van der Waals surface area contributed by atoms with Crippen LogP contribution in [0.3, 0.4) is 0 Å². The number of nitrogens with two attached hydrogens (primary N) is 1. The Morgan fingerprint density at radius 1 is 1.30 bits per heavy atom. The Morgan fingerprint density at radius 2 is 2.05 bits per heavy atom. The fourth-order valence-electron chi connectivity index (χ4n) is 2.19. The highest BCUT2D eigenvalue weighted by Crippen LogP contribution is 2.29. The lowest BCUT2D eigenvalue weighted by molar-refractivity contribution is 0.644.